The van der Waals surface area contributed by atoms with Gasteiger partial charge in [-0.15, -0.1) is 23.1 Å². The summed E-state index contributed by atoms with van der Waals surface area (Å²) in [6, 6.07) is 6.59. The zero-order valence-corrected chi connectivity index (χ0v) is 13.5. The molecule has 108 valence electrons. The standard InChI is InChI=1S/C16H15FN2S2/c1-10(2)7-20-15-14-13(8-21-16(14)19-9-18-15)11-3-5-12(17)6-4-11/h3-6,8-10H,7H2,1-2H3. The molecule has 0 bridgehead atoms. The van der Waals surface area contributed by atoms with E-state index in [9.17, 15) is 4.39 Å². The van der Waals surface area contributed by atoms with Gasteiger partial charge < -0.3 is 0 Å². The summed E-state index contributed by atoms with van der Waals surface area (Å²) in [7, 11) is 0. The second-order valence-electron chi connectivity index (χ2n) is 5.22. The number of hydrogen-bond acceptors (Lipinski definition) is 4. The number of thiophene rings is 1. The summed E-state index contributed by atoms with van der Waals surface area (Å²) in [5.41, 5.74) is 2.09. The van der Waals surface area contributed by atoms with E-state index in [-0.39, 0.29) is 5.82 Å². The number of fused-ring (bicyclic) bond motifs is 1. The molecule has 1 aromatic carbocycles. The highest BCUT2D eigenvalue weighted by molar-refractivity contribution is 7.99. The Balaban J connectivity index is 2.08. The van der Waals surface area contributed by atoms with Crippen molar-refractivity contribution < 1.29 is 4.39 Å². The molecule has 21 heavy (non-hydrogen) atoms. The van der Waals surface area contributed by atoms with Crippen LogP contribution in [-0.2, 0) is 0 Å². The molecule has 0 unspecified atom stereocenters. The first-order valence-electron chi connectivity index (χ1n) is 6.76. The Labute approximate surface area is 131 Å². The lowest BCUT2D eigenvalue weighted by Crippen LogP contribution is -1.93. The average molecular weight is 318 g/mol. The second-order valence-corrected chi connectivity index (χ2v) is 7.09. The number of rotatable bonds is 4. The Morgan fingerprint density at radius 3 is 2.67 bits per heavy atom. The summed E-state index contributed by atoms with van der Waals surface area (Å²) < 4.78 is 13.1. The van der Waals surface area contributed by atoms with E-state index in [1.54, 1.807) is 41.6 Å². The van der Waals surface area contributed by atoms with E-state index < -0.39 is 0 Å². The first kappa shape index (κ1) is 14.5. The highest BCUT2D eigenvalue weighted by Crippen LogP contribution is 2.38. The minimum Gasteiger partial charge on any atom is -0.229 e. The molecule has 0 aliphatic carbocycles. The molecule has 3 aromatic rings. The molecule has 0 saturated carbocycles. The molecule has 0 N–H and O–H groups in total. The first-order valence-corrected chi connectivity index (χ1v) is 8.62. The summed E-state index contributed by atoms with van der Waals surface area (Å²) in [6.45, 7) is 4.39. The lowest BCUT2D eigenvalue weighted by molar-refractivity contribution is 0.628. The molecule has 2 heterocycles. The molecule has 0 atom stereocenters. The van der Waals surface area contributed by atoms with E-state index in [0.29, 0.717) is 5.92 Å². The van der Waals surface area contributed by atoms with Crippen molar-refractivity contribution in [2.75, 3.05) is 5.75 Å². The molecule has 0 radical (unpaired) electrons. The molecule has 0 spiro atoms. The zero-order valence-electron chi connectivity index (χ0n) is 11.8. The lowest BCUT2D eigenvalue weighted by Gasteiger charge is -2.07. The van der Waals surface area contributed by atoms with Gasteiger partial charge in [0.15, 0.2) is 0 Å². The van der Waals surface area contributed by atoms with E-state index in [2.05, 4.69) is 29.2 Å². The maximum atomic E-state index is 13.1. The van der Waals surface area contributed by atoms with Gasteiger partial charge in [0.05, 0.1) is 5.39 Å². The summed E-state index contributed by atoms with van der Waals surface area (Å²) in [5, 5.41) is 4.17. The van der Waals surface area contributed by atoms with Crippen LogP contribution in [0.1, 0.15) is 13.8 Å². The van der Waals surface area contributed by atoms with Crippen LogP contribution < -0.4 is 0 Å². The van der Waals surface area contributed by atoms with Crippen LogP contribution in [0.25, 0.3) is 21.3 Å². The van der Waals surface area contributed by atoms with Gasteiger partial charge in [0.1, 0.15) is 22.0 Å². The number of halogens is 1. The van der Waals surface area contributed by atoms with Crippen LogP contribution in [0.15, 0.2) is 41.0 Å². The van der Waals surface area contributed by atoms with E-state index in [1.165, 1.54) is 12.1 Å². The molecule has 2 aromatic heterocycles. The smallest absolute Gasteiger partial charge is 0.128 e. The molecule has 3 rings (SSSR count). The number of nitrogens with zero attached hydrogens (tertiary/aromatic N) is 2. The first-order chi connectivity index (χ1) is 10.1. The molecule has 0 fully saturated rings. The largest absolute Gasteiger partial charge is 0.229 e. The lowest BCUT2D eigenvalue weighted by atomic mass is 10.1. The van der Waals surface area contributed by atoms with Gasteiger partial charge in [0.2, 0.25) is 0 Å². The Morgan fingerprint density at radius 1 is 1.19 bits per heavy atom. The van der Waals surface area contributed by atoms with E-state index >= 15 is 0 Å². The number of hydrogen-bond donors (Lipinski definition) is 0. The third-order valence-electron chi connectivity index (χ3n) is 3.04. The van der Waals surface area contributed by atoms with E-state index in [1.807, 2.05) is 0 Å². The Morgan fingerprint density at radius 2 is 1.95 bits per heavy atom. The van der Waals surface area contributed by atoms with Gasteiger partial charge in [-0.05, 0) is 23.6 Å². The summed E-state index contributed by atoms with van der Waals surface area (Å²) in [6.07, 6.45) is 1.62. The molecule has 0 aliphatic rings. The SMILES string of the molecule is CC(C)CSc1ncnc2scc(-c3ccc(F)cc3)c12. The van der Waals surface area contributed by atoms with Gasteiger partial charge in [-0.1, -0.05) is 26.0 Å². The third kappa shape index (κ3) is 3.09. The quantitative estimate of drug-likeness (QED) is 0.485. The number of thioether (sulfide) groups is 1. The van der Waals surface area contributed by atoms with Gasteiger partial charge in [-0.3, -0.25) is 0 Å². The van der Waals surface area contributed by atoms with Crippen LogP contribution in [0.5, 0.6) is 0 Å². The predicted molar refractivity (Wildman–Crippen MR) is 88.4 cm³/mol. The summed E-state index contributed by atoms with van der Waals surface area (Å²) >= 11 is 3.36. The number of benzene rings is 1. The second kappa shape index (κ2) is 6.12. The molecule has 0 saturated heterocycles. The van der Waals surface area contributed by atoms with Gasteiger partial charge in [-0.2, -0.15) is 0 Å². The van der Waals surface area contributed by atoms with Crippen molar-refractivity contribution in [1.29, 1.82) is 0 Å². The van der Waals surface area contributed by atoms with Crippen LogP contribution in [0.3, 0.4) is 0 Å². The normalized spacial score (nSPS) is 11.4. The van der Waals surface area contributed by atoms with Gasteiger partial charge in [-0.25, -0.2) is 14.4 Å². The molecular formula is C16H15FN2S2. The molecule has 0 aliphatic heterocycles. The monoisotopic (exact) mass is 318 g/mol. The third-order valence-corrected chi connectivity index (χ3v) is 5.35. The topological polar surface area (TPSA) is 25.8 Å². The van der Waals surface area contributed by atoms with E-state index in [4.69, 9.17) is 0 Å². The van der Waals surface area contributed by atoms with Gasteiger partial charge in [0.25, 0.3) is 0 Å². The maximum absolute atomic E-state index is 13.1. The fourth-order valence-corrected chi connectivity index (χ4v) is 3.99. The minimum atomic E-state index is -0.219. The predicted octanol–water partition coefficient (Wildman–Crippen LogP) is 5.25. The van der Waals surface area contributed by atoms with Crippen molar-refractivity contribution in [3.05, 3.63) is 41.8 Å². The Hall–Kier alpha value is -1.46. The van der Waals surface area contributed by atoms with Crippen LogP contribution in [0.2, 0.25) is 0 Å². The summed E-state index contributed by atoms with van der Waals surface area (Å²) in [4.78, 5) is 9.77. The molecular weight excluding hydrogens is 303 g/mol. The highest BCUT2D eigenvalue weighted by Gasteiger charge is 2.13. The van der Waals surface area contributed by atoms with Crippen molar-refractivity contribution >= 4 is 33.3 Å². The van der Waals surface area contributed by atoms with Crippen LogP contribution in [0.4, 0.5) is 4.39 Å². The van der Waals surface area contributed by atoms with Crippen molar-refractivity contribution in [3.8, 4) is 11.1 Å². The van der Waals surface area contributed by atoms with E-state index in [0.717, 1.165) is 32.1 Å². The molecule has 5 heteroatoms. The average Bonchev–Trinajstić information content (AvgIpc) is 2.90. The van der Waals surface area contributed by atoms with Crippen molar-refractivity contribution in [2.45, 2.75) is 18.9 Å². The zero-order chi connectivity index (χ0) is 14.8. The van der Waals surface area contributed by atoms with Gasteiger partial charge >= 0.3 is 0 Å². The van der Waals surface area contributed by atoms with Crippen LogP contribution >= 0.6 is 23.1 Å². The number of aromatic nitrogens is 2. The maximum Gasteiger partial charge on any atom is 0.128 e. The molecule has 0 amide bonds. The summed E-state index contributed by atoms with van der Waals surface area (Å²) in [5.74, 6) is 1.40. The van der Waals surface area contributed by atoms with Crippen LogP contribution in [0, 0.1) is 11.7 Å². The minimum absolute atomic E-state index is 0.219. The fraction of sp³-hybridized carbons (Fsp3) is 0.250. The van der Waals surface area contributed by atoms with Crippen molar-refractivity contribution in [2.24, 2.45) is 5.92 Å². The van der Waals surface area contributed by atoms with Crippen LogP contribution in [-0.4, -0.2) is 15.7 Å². The fourth-order valence-electron chi connectivity index (χ4n) is 2.04. The van der Waals surface area contributed by atoms with Crippen molar-refractivity contribution in [1.82, 2.24) is 9.97 Å². The Bertz CT molecular complexity index is 751. The Kier molecular flexibility index (Phi) is 4.22. The highest BCUT2D eigenvalue weighted by atomic mass is 32.2. The molecule has 2 nitrogen and oxygen atoms in total. The van der Waals surface area contributed by atoms with Crippen molar-refractivity contribution in [3.63, 3.8) is 0 Å². The van der Waals surface area contributed by atoms with Gasteiger partial charge in [0, 0.05) is 16.7 Å².